The molecule has 0 aliphatic carbocycles. The standard InChI is InChI=1S/C23H19F2N5O3/c1-3-4-16-9-10-19-21(26-16)29(2)23(32)18(13-33-19)27-22(31)20-17(25)12-30(28-20)11-14-5-7-15(24)8-6-14/h5-10,12,18H,11,13H2,1-2H3,(H,27,31)/t18-/m0/s1. The van der Waals surface area contributed by atoms with Crippen LogP contribution in [0, 0.1) is 23.5 Å². The van der Waals surface area contributed by atoms with Gasteiger partial charge < -0.3 is 10.1 Å². The number of fused-ring (bicyclic) bond motifs is 1. The van der Waals surface area contributed by atoms with Crippen molar-refractivity contribution in [2.75, 3.05) is 18.6 Å². The average Bonchev–Trinajstić information content (AvgIpc) is 3.12. The highest BCUT2D eigenvalue weighted by Crippen LogP contribution is 2.28. The van der Waals surface area contributed by atoms with Crippen molar-refractivity contribution in [1.82, 2.24) is 20.1 Å². The minimum Gasteiger partial charge on any atom is -0.487 e. The molecule has 168 valence electrons. The van der Waals surface area contributed by atoms with Crippen molar-refractivity contribution >= 4 is 17.6 Å². The molecule has 8 nitrogen and oxygen atoms in total. The van der Waals surface area contributed by atoms with Crippen molar-refractivity contribution in [3.05, 3.63) is 71.2 Å². The molecule has 0 saturated heterocycles. The van der Waals surface area contributed by atoms with Crippen LogP contribution in [0.15, 0.2) is 42.6 Å². The number of carbonyl (C=O) groups excluding carboxylic acids is 2. The van der Waals surface area contributed by atoms with E-state index in [9.17, 15) is 18.4 Å². The maximum Gasteiger partial charge on any atom is 0.275 e. The topological polar surface area (TPSA) is 89.4 Å². The summed E-state index contributed by atoms with van der Waals surface area (Å²) < 4.78 is 34.4. The molecule has 1 aromatic carbocycles. The van der Waals surface area contributed by atoms with Crippen LogP contribution in [0.25, 0.3) is 0 Å². The monoisotopic (exact) mass is 451 g/mol. The quantitative estimate of drug-likeness (QED) is 0.614. The smallest absolute Gasteiger partial charge is 0.275 e. The van der Waals surface area contributed by atoms with E-state index in [4.69, 9.17) is 4.74 Å². The predicted molar refractivity (Wildman–Crippen MR) is 115 cm³/mol. The van der Waals surface area contributed by atoms with E-state index in [-0.39, 0.29) is 19.0 Å². The van der Waals surface area contributed by atoms with Gasteiger partial charge in [0.05, 0.1) is 12.7 Å². The van der Waals surface area contributed by atoms with E-state index in [1.165, 1.54) is 40.9 Å². The minimum atomic E-state index is -1.08. The second-order valence-corrected chi connectivity index (χ2v) is 7.28. The summed E-state index contributed by atoms with van der Waals surface area (Å²) in [6.07, 6.45) is 1.06. The molecule has 1 N–H and O–H groups in total. The Hall–Kier alpha value is -4.26. The van der Waals surface area contributed by atoms with E-state index in [2.05, 4.69) is 27.2 Å². The highest BCUT2D eigenvalue weighted by molar-refractivity contribution is 6.02. The lowest BCUT2D eigenvalue weighted by molar-refractivity contribution is -0.120. The second-order valence-electron chi connectivity index (χ2n) is 7.28. The number of amides is 2. The Morgan fingerprint density at radius 3 is 2.73 bits per heavy atom. The van der Waals surface area contributed by atoms with Crippen LogP contribution in [-0.2, 0) is 11.3 Å². The Bertz CT molecular complexity index is 1280. The number of hydrogen-bond acceptors (Lipinski definition) is 5. The summed E-state index contributed by atoms with van der Waals surface area (Å²) in [6.45, 7) is 1.65. The van der Waals surface area contributed by atoms with Gasteiger partial charge in [0.2, 0.25) is 0 Å². The molecule has 2 amide bonds. The molecule has 2 aromatic heterocycles. The maximum atomic E-state index is 14.4. The van der Waals surface area contributed by atoms with Crippen LogP contribution in [0.2, 0.25) is 0 Å². The summed E-state index contributed by atoms with van der Waals surface area (Å²) in [6, 6.07) is 7.86. The normalized spacial score (nSPS) is 15.1. The Labute approximate surface area is 188 Å². The van der Waals surface area contributed by atoms with Gasteiger partial charge in [-0.3, -0.25) is 19.2 Å². The number of halogens is 2. The molecule has 3 aromatic rings. The van der Waals surface area contributed by atoms with Gasteiger partial charge in [0, 0.05) is 7.05 Å². The molecule has 0 spiro atoms. The molecular weight excluding hydrogens is 432 g/mol. The lowest BCUT2D eigenvalue weighted by atomic mass is 10.2. The number of aromatic nitrogens is 3. The average molecular weight is 451 g/mol. The second kappa shape index (κ2) is 9.08. The van der Waals surface area contributed by atoms with Gasteiger partial charge in [-0.2, -0.15) is 5.10 Å². The molecule has 0 unspecified atom stereocenters. The van der Waals surface area contributed by atoms with Crippen LogP contribution >= 0.6 is 0 Å². The van der Waals surface area contributed by atoms with Crippen LogP contribution in [0.5, 0.6) is 5.75 Å². The number of benzene rings is 1. The van der Waals surface area contributed by atoms with Gasteiger partial charge in [-0.05, 0) is 42.7 Å². The summed E-state index contributed by atoms with van der Waals surface area (Å²) in [7, 11) is 1.50. The van der Waals surface area contributed by atoms with Crippen LogP contribution in [0.4, 0.5) is 14.6 Å². The van der Waals surface area contributed by atoms with Crippen molar-refractivity contribution in [2.45, 2.75) is 19.5 Å². The molecule has 0 saturated carbocycles. The first-order chi connectivity index (χ1) is 15.9. The fourth-order valence-electron chi connectivity index (χ4n) is 3.31. The number of ether oxygens (including phenoxy) is 1. The minimum absolute atomic E-state index is 0.142. The van der Waals surface area contributed by atoms with Gasteiger partial charge in [0.15, 0.2) is 23.1 Å². The predicted octanol–water partition coefficient (Wildman–Crippen LogP) is 2.13. The summed E-state index contributed by atoms with van der Waals surface area (Å²) >= 11 is 0. The molecule has 3 heterocycles. The molecule has 10 heteroatoms. The lowest BCUT2D eigenvalue weighted by Gasteiger charge is -2.19. The molecule has 1 atom stereocenters. The molecule has 1 aliphatic rings. The van der Waals surface area contributed by atoms with E-state index in [0.29, 0.717) is 17.0 Å². The number of likely N-dealkylation sites (N-methyl/N-ethyl adjacent to an activating group) is 1. The van der Waals surface area contributed by atoms with Gasteiger partial charge in [-0.15, -0.1) is 0 Å². The Morgan fingerprint density at radius 1 is 1.24 bits per heavy atom. The van der Waals surface area contributed by atoms with Gasteiger partial charge in [0.1, 0.15) is 24.2 Å². The van der Waals surface area contributed by atoms with Gasteiger partial charge in [0.25, 0.3) is 11.8 Å². The Balaban J connectivity index is 1.49. The molecule has 0 radical (unpaired) electrons. The van der Waals surface area contributed by atoms with Crippen LogP contribution in [-0.4, -0.2) is 46.3 Å². The third kappa shape index (κ3) is 4.67. The molecule has 4 rings (SSSR count). The largest absolute Gasteiger partial charge is 0.487 e. The Kier molecular flexibility index (Phi) is 6.04. The maximum absolute atomic E-state index is 14.4. The zero-order valence-corrected chi connectivity index (χ0v) is 17.8. The lowest BCUT2D eigenvalue weighted by Crippen LogP contribution is -2.49. The first-order valence-corrected chi connectivity index (χ1v) is 9.98. The first kappa shape index (κ1) is 22.0. The highest BCUT2D eigenvalue weighted by Gasteiger charge is 2.33. The third-order valence-electron chi connectivity index (χ3n) is 4.94. The van der Waals surface area contributed by atoms with Gasteiger partial charge in [-0.1, -0.05) is 18.1 Å². The first-order valence-electron chi connectivity index (χ1n) is 9.98. The fourth-order valence-corrected chi connectivity index (χ4v) is 3.31. The molecule has 1 aliphatic heterocycles. The number of pyridine rings is 1. The summed E-state index contributed by atoms with van der Waals surface area (Å²) in [5.41, 5.74) is 0.681. The van der Waals surface area contributed by atoms with E-state index in [0.717, 1.165) is 6.20 Å². The van der Waals surface area contributed by atoms with Crippen molar-refractivity contribution < 1.29 is 23.1 Å². The van der Waals surface area contributed by atoms with E-state index in [1.807, 2.05) is 0 Å². The number of carbonyl (C=O) groups is 2. The number of hydrogen-bond donors (Lipinski definition) is 1. The summed E-state index contributed by atoms with van der Waals surface area (Å²) in [5, 5.41) is 6.45. The Morgan fingerprint density at radius 2 is 2.00 bits per heavy atom. The van der Waals surface area contributed by atoms with Crippen molar-refractivity contribution in [2.24, 2.45) is 0 Å². The van der Waals surface area contributed by atoms with Crippen LogP contribution in [0.1, 0.15) is 28.7 Å². The van der Waals surface area contributed by atoms with Gasteiger partial charge in [-0.25, -0.2) is 13.8 Å². The molecular formula is C23H19F2N5O3. The van der Waals surface area contributed by atoms with E-state index in [1.54, 1.807) is 19.1 Å². The van der Waals surface area contributed by atoms with Crippen molar-refractivity contribution in [1.29, 1.82) is 0 Å². The molecule has 33 heavy (non-hydrogen) atoms. The SMILES string of the molecule is CC#Cc1ccc2c(n1)N(C)C(=O)[C@@H](NC(=O)c1nn(Cc3ccc(F)cc3)cc1F)CO2. The highest BCUT2D eigenvalue weighted by atomic mass is 19.1. The van der Waals surface area contributed by atoms with Gasteiger partial charge >= 0.3 is 0 Å². The number of nitrogens with zero attached hydrogens (tertiary/aromatic N) is 4. The van der Waals surface area contributed by atoms with Crippen molar-refractivity contribution in [3.63, 3.8) is 0 Å². The van der Waals surface area contributed by atoms with E-state index < -0.39 is 35.2 Å². The third-order valence-corrected chi connectivity index (χ3v) is 4.94. The number of rotatable bonds is 4. The van der Waals surface area contributed by atoms with Crippen LogP contribution in [0.3, 0.4) is 0 Å². The summed E-state index contributed by atoms with van der Waals surface area (Å²) in [5.74, 6) is 3.59. The van der Waals surface area contributed by atoms with Crippen LogP contribution < -0.4 is 15.0 Å². The number of anilines is 1. The zero-order valence-electron chi connectivity index (χ0n) is 17.8. The molecule has 0 fully saturated rings. The fraction of sp³-hybridized carbons (Fsp3) is 0.217. The molecule has 0 bridgehead atoms. The zero-order chi connectivity index (χ0) is 23.5. The van der Waals surface area contributed by atoms with Crippen molar-refractivity contribution in [3.8, 4) is 17.6 Å². The van der Waals surface area contributed by atoms with E-state index >= 15 is 0 Å². The number of nitrogens with one attached hydrogen (secondary N) is 1. The summed E-state index contributed by atoms with van der Waals surface area (Å²) in [4.78, 5) is 31.2.